The van der Waals surface area contributed by atoms with Crippen LogP contribution < -0.4 is 5.32 Å². The molecule has 0 atom stereocenters. The largest absolute Gasteiger partial charge is 0.352 e. The van der Waals surface area contributed by atoms with Gasteiger partial charge in [0.2, 0.25) is 10.0 Å². The lowest BCUT2D eigenvalue weighted by Crippen LogP contribution is -2.31. The standard InChI is InChI=1S/C15H21ClN2O3S/c1-3-18(4-2)22(20,21)14-9-12(7-8-13(14)16)15(19)17-10-11-5-6-11/h7-9,11H,3-6,10H2,1-2H3,(H,17,19). The molecule has 0 heterocycles. The average Bonchev–Trinajstić information content (AvgIpc) is 3.30. The summed E-state index contributed by atoms with van der Waals surface area (Å²) in [7, 11) is -3.69. The molecule has 0 unspecified atom stereocenters. The van der Waals surface area contributed by atoms with E-state index in [1.165, 1.54) is 16.4 Å². The Morgan fingerprint density at radius 3 is 2.50 bits per heavy atom. The number of hydrogen-bond acceptors (Lipinski definition) is 3. The Morgan fingerprint density at radius 1 is 1.32 bits per heavy atom. The fraction of sp³-hybridized carbons (Fsp3) is 0.533. The summed E-state index contributed by atoms with van der Waals surface area (Å²) in [5, 5.41) is 2.96. The van der Waals surface area contributed by atoms with Gasteiger partial charge in [-0.15, -0.1) is 0 Å². The van der Waals surface area contributed by atoms with Crippen molar-refractivity contribution in [1.29, 1.82) is 0 Å². The first-order valence-corrected chi connectivity index (χ1v) is 9.29. The van der Waals surface area contributed by atoms with Crippen LogP contribution in [-0.2, 0) is 10.0 Å². The molecule has 5 nitrogen and oxygen atoms in total. The highest BCUT2D eigenvalue weighted by Gasteiger charge is 2.26. The summed E-state index contributed by atoms with van der Waals surface area (Å²) in [6.45, 7) is 4.88. The summed E-state index contributed by atoms with van der Waals surface area (Å²) in [6, 6.07) is 4.37. The van der Waals surface area contributed by atoms with Gasteiger partial charge in [0.15, 0.2) is 0 Å². The van der Waals surface area contributed by atoms with E-state index in [9.17, 15) is 13.2 Å². The van der Waals surface area contributed by atoms with E-state index < -0.39 is 10.0 Å². The number of carbonyl (C=O) groups is 1. The number of hydrogen-bond donors (Lipinski definition) is 1. The number of nitrogens with zero attached hydrogens (tertiary/aromatic N) is 1. The molecular weight excluding hydrogens is 324 g/mol. The third-order valence-electron chi connectivity index (χ3n) is 3.76. The van der Waals surface area contributed by atoms with Crippen molar-refractivity contribution in [2.45, 2.75) is 31.6 Å². The number of rotatable bonds is 7. The average molecular weight is 345 g/mol. The molecule has 1 aromatic carbocycles. The van der Waals surface area contributed by atoms with E-state index in [1.807, 2.05) is 0 Å². The molecule has 1 saturated carbocycles. The van der Waals surface area contributed by atoms with Crippen LogP contribution in [0.15, 0.2) is 23.1 Å². The molecule has 0 spiro atoms. The Hall–Kier alpha value is -1.11. The molecule has 0 aliphatic heterocycles. The van der Waals surface area contributed by atoms with Gasteiger partial charge in [0.05, 0.1) is 5.02 Å². The lowest BCUT2D eigenvalue weighted by atomic mass is 10.2. The van der Waals surface area contributed by atoms with E-state index in [-0.39, 0.29) is 15.8 Å². The van der Waals surface area contributed by atoms with Crippen LogP contribution >= 0.6 is 11.6 Å². The van der Waals surface area contributed by atoms with E-state index >= 15 is 0 Å². The van der Waals surface area contributed by atoms with Crippen molar-refractivity contribution in [2.24, 2.45) is 5.92 Å². The summed E-state index contributed by atoms with van der Waals surface area (Å²) >= 11 is 6.04. The first kappa shape index (κ1) is 17.2. The molecule has 0 saturated heterocycles. The van der Waals surface area contributed by atoms with Gasteiger partial charge in [0, 0.05) is 25.2 Å². The first-order valence-electron chi connectivity index (χ1n) is 7.48. The van der Waals surface area contributed by atoms with E-state index in [0.29, 0.717) is 31.1 Å². The van der Waals surface area contributed by atoms with Crippen molar-refractivity contribution in [2.75, 3.05) is 19.6 Å². The number of carbonyl (C=O) groups excluding carboxylic acids is 1. The Morgan fingerprint density at radius 2 is 1.95 bits per heavy atom. The van der Waals surface area contributed by atoms with E-state index in [0.717, 1.165) is 12.8 Å². The van der Waals surface area contributed by atoms with Gasteiger partial charge in [-0.05, 0) is 37.0 Å². The smallest absolute Gasteiger partial charge is 0.251 e. The highest BCUT2D eigenvalue weighted by Crippen LogP contribution is 2.28. The van der Waals surface area contributed by atoms with Gasteiger partial charge in [-0.25, -0.2) is 8.42 Å². The van der Waals surface area contributed by atoms with Gasteiger partial charge in [-0.1, -0.05) is 25.4 Å². The topological polar surface area (TPSA) is 66.5 Å². The number of sulfonamides is 1. The third-order valence-corrected chi connectivity index (χ3v) is 6.30. The molecule has 0 aromatic heterocycles. The van der Waals surface area contributed by atoms with Gasteiger partial charge in [0.1, 0.15) is 4.90 Å². The molecule has 1 aliphatic carbocycles. The first-order chi connectivity index (χ1) is 10.4. The molecule has 1 fully saturated rings. The maximum atomic E-state index is 12.6. The van der Waals surface area contributed by atoms with Crippen LogP contribution in [-0.4, -0.2) is 38.3 Å². The van der Waals surface area contributed by atoms with Crippen molar-refractivity contribution in [3.8, 4) is 0 Å². The highest BCUT2D eigenvalue weighted by atomic mass is 35.5. The predicted molar refractivity (Wildman–Crippen MR) is 86.6 cm³/mol. The van der Waals surface area contributed by atoms with Gasteiger partial charge < -0.3 is 5.32 Å². The maximum absolute atomic E-state index is 12.6. The van der Waals surface area contributed by atoms with Crippen LogP contribution in [0.5, 0.6) is 0 Å². The van der Waals surface area contributed by atoms with Crippen LogP contribution in [0.1, 0.15) is 37.0 Å². The molecule has 0 radical (unpaired) electrons. The molecule has 122 valence electrons. The summed E-state index contributed by atoms with van der Waals surface area (Å²) in [5.41, 5.74) is 0.316. The number of benzene rings is 1. The van der Waals surface area contributed by atoms with E-state index in [4.69, 9.17) is 11.6 Å². The van der Waals surface area contributed by atoms with E-state index in [1.54, 1.807) is 19.9 Å². The lowest BCUT2D eigenvalue weighted by molar-refractivity contribution is 0.0951. The molecule has 7 heteroatoms. The lowest BCUT2D eigenvalue weighted by Gasteiger charge is -2.19. The van der Waals surface area contributed by atoms with Crippen LogP contribution in [0.2, 0.25) is 5.02 Å². The predicted octanol–water partition coefficient (Wildman–Crippen LogP) is 2.51. The summed E-state index contributed by atoms with van der Waals surface area (Å²) in [6.07, 6.45) is 2.28. The van der Waals surface area contributed by atoms with Gasteiger partial charge in [-0.3, -0.25) is 4.79 Å². The second-order valence-corrected chi connectivity index (χ2v) is 7.70. The van der Waals surface area contributed by atoms with Gasteiger partial charge in [0.25, 0.3) is 5.91 Å². The zero-order valence-electron chi connectivity index (χ0n) is 12.8. The fourth-order valence-electron chi connectivity index (χ4n) is 2.21. The van der Waals surface area contributed by atoms with Crippen LogP contribution in [0, 0.1) is 5.92 Å². The highest BCUT2D eigenvalue weighted by molar-refractivity contribution is 7.89. The minimum atomic E-state index is -3.69. The van der Waals surface area contributed by atoms with Crippen molar-refractivity contribution >= 4 is 27.5 Å². The van der Waals surface area contributed by atoms with Crippen LogP contribution in [0.25, 0.3) is 0 Å². The molecule has 1 amide bonds. The number of amides is 1. The van der Waals surface area contributed by atoms with E-state index in [2.05, 4.69) is 5.32 Å². The van der Waals surface area contributed by atoms with Crippen molar-refractivity contribution in [1.82, 2.24) is 9.62 Å². The molecule has 2 rings (SSSR count). The Bertz CT molecular complexity index is 653. The Kier molecular flexibility index (Phi) is 5.47. The van der Waals surface area contributed by atoms with Crippen molar-refractivity contribution < 1.29 is 13.2 Å². The fourth-order valence-corrected chi connectivity index (χ4v) is 4.16. The number of halogens is 1. The molecular formula is C15H21ClN2O3S. The third kappa shape index (κ3) is 3.80. The Balaban J connectivity index is 2.27. The second kappa shape index (κ2) is 6.98. The molecule has 1 aliphatic rings. The zero-order valence-corrected chi connectivity index (χ0v) is 14.4. The van der Waals surface area contributed by atoms with Gasteiger partial charge >= 0.3 is 0 Å². The Labute approximate surface area is 136 Å². The molecule has 22 heavy (non-hydrogen) atoms. The number of nitrogens with one attached hydrogen (secondary N) is 1. The van der Waals surface area contributed by atoms with Crippen molar-refractivity contribution in [3.05, 3.63) is 28.8 Å². The van der Waals surface area contributed by atoms with Crippen molar-refractivity contribution in [3.63, 3.8) is 0 Å². The minimum absolute atomic E-state index is 0.0167. The maximum Gasteiger partial charge on any atom is 0.251 e. The summed E-state index contributed by atoms with van der Waals surface area (Å²) in [4.78, 5) is 12.1. The normalized spacial score (nSPS) is 15.1. The quantitative estimate of drug-likeness (QED) is 0.826. The van der Waals surface area contributed by atoms with Gasteiger partial charge in [-0.2, -0.15) is 4.31 Å². The monoisotopic (exact) mass is 344 g/mol. The zero-order chi connectivity index (χ0) is 16.3. The van der Waals surface area contributed by atoms with Crippen LogP contribution in [0.4, 0.5) is 0 Å². The molecule has 1 N–H and O–H groups in total. The molecule has 0 bridgehead atoms. The minimum Gasteiger partial charge on any atom is -0.352 e. The van der Waals surface area contributed by atoms with Crippen LogP contribution in [0.3, 0.4) is 0 Å². The summed E-state index contributed by atoms with van der Waals surface area (Å²) in [5.74, 6) is 0.301. The summed E-state index contributed by atoms with van der Waals surface area (Å²) < 4.78 is 26.5. The SMILES string of the molecule is CCN(CC)S(=O)(=O)c1cc(C(=O)NCC2CC2)ccc1Cl. The second-order valence-electron chi connectivity index (χ2n) is 5.39. The molecule has 1 aromatic rings.